The third-order valence-electron chi connectivity index (χ3n) is 5.39. The molecule has 2 N–H and O–H groups in total. The van der Waals surface area contributed by atoms with Gasteiger partial charge in [0.25, 0.3) is 0 Å². The maximum atomic E-state index is 6.18. The third kappa shape index (κ3) is 2.54. The van der Waals surface area contributed by atoms with Crippen molar-refractivity contribution < 1.29 is 4.74 Å². The number of rotatable bonds is 3. The van der Waals surface area contributed by atoms with Crippen LogP contribution in [0.25, 0.3) is 16.6 Å². The monoisotopic (exact) mass is 378 g/mol. The number of aromatic nitrogens is 6. The highest BCUT2D eigenvalue weighted by Gasteiger charge is 2.27. The molecule has 0 aliphatic carbocycles. The molecular formula is C19H22N8O. The van der Waals surface area contributed by atoms with Gasteiger partial charge in [-0.3, -0.25) is 0 Å². The molecule has 3 aromatic heterocycles. The summed E-state index contributed by atoms with van der Waals surface area (Å²) in [4.78, 5) is 16.1. The van der Waals surface area contributed by atoms with E-state index in [1.165, 1.54) is 0 Å². The number of hydrogen-bond acceptors (Lipinski definition) is 7. The lowest BCUT2D eigenvalue weighted by Crippen LogP contribution is -2.36. The number of aryl methyl sites for hydroxylation is 1. The van der Waals surface area contributed by atoms with Crippen molar-refractivity contribution in [3.05, 3.63) is 36.4 Å². The standard InChI is InChI=1S/C19H22N8O/c1-25-10-8-21-19(25)26-9-4-5-12(11-26)16-23-17-13-6-3-7-14(28-2)15(13)22-18(20)27(17)24-16/h3,6-8,10,12H,4-5,9,11H2,1-2H3,(H2,20,22)/t12-/m1/s1. The Labute approximate surface area is 161 Å². The van der Waals surface area contributed by atoms with E-state index in [-0.39, 0.29) is 5.92 Å². The van der Waals surface area contributed by atoms with Gasteiger partial charge in [-0.05, 0) is 25.0 Å². The van der Waals surface area contributed by atoms with Crippen LogP contribution in [0.2, 0.25) is 0 Å². The first-order valence-corrected chi connectivity index (χ1v) is 9.37. The maximum Gasteiger partial charge on any atom is 0.223 e. The average Bonchev–Trinajstić information content (AvgIpc) is 3.35. The van der Waals surface area contributed by atoms with Crippen molar-refractivity contribution >= 4 is 28.4 Å². The van der Waals surface area contributed by atoms with E-state index in [9.17, 15) is 0 Å². The summed E-state index contributed by atoms with van der Waals surface area (Å²) in [6.45, 7) is 1.81. The molecule has 4 heterocycles. The first kappa shape index (κ1) is 16.8. The van der Waals surface area contributed by atoms with Crippen LogP contribution in [0, 0.1) is 0 Å². The van der Waals surface area contributed by atoms with Crippen molar-refractivity contribution in [3.8, 4) is 5.75 Å². The first-order chi connectivity index (χ1) is 13.7. The molecule has 1 atom stereocenters. The van der Waals surface area contributed by atoms with Crippen LogP contribution in [0.3, 0.4) is 0 Å². The number of fused-ring (bicyclic) bond motifs is 3. The van der Waals surface area contributed by atoms with Gasteiger partial charge in [-0.15, -0.1) is 5.10 Å². The van der Waals surface area contributed by atoms with Crippen LogP contribution in [-0.2, 0) is 7.05 Å². The highest BCUT2D eigenvalue weighted by atomic mass is 16.5. The molecule has 0 bridgehead atoms. The second-order valence-electron chi connectivity index (χ2n) is 7.16. The Morgan fingerprint density at radius 2 is 2.14 bits per heavy atom. The van der Waals surface area contributed by atoms with Crippen LogP contribution in [0.1, 0.15) is 24.6 Å². The fourth-order valence-corrected chi connectivity index (χ4v) is 4.01. The number of anilines is 2. The van der Waals surface area contributed by atoms with E-state index in [0.717, 1.165) is 43.1 Å². The Bertz CT molecular complexity index is 1160. The Morgan fingerprint density at radius 1 is 1.25 bits per heavy atom. The number of nitrogens with zero attached hydrogens (tertiary/aromatic N) is 7. The molecule has 0 unspecified atom stereocenters. The summed E-state index contributed by atoms with van der Waals surface area (Å²) < 4.78 is 9.11. The Hall–Kier alpha value is -3.36. The van der Waals surface area contributed by atoms with E-state index >= 15 is 0 Å². The number of nitrogens with two attached hydrogens (primary N) is 1. The minimum absolute atomic E-state index is 0.213. The summed E-state index contributed by atoms with van der Waals surface area (Å²) >= 11 is 0. The van der Waals surface area contributed by atoms with Gasteiger partial charge in [0.2, 0.25) is 11.9 Å². The second-order valence-corrected chi connectivity index (χ2v) is 7.16. The Balaban J connectivity index is 1.57. The molecule has 9 heteroatoms. The van der Waals surface area contributed by atoms with Crippen LogP contribution >= 0.6 is 0 Å². The molecule has 1 fully saturated rings. The lowest BCUT2D eigenvalue weighted by Gasteiger charge is -2.32. The van der Waals surface area contributed by atoms with E-state index < -0.39 is 0 Å². The molecule has 28 heavy (non-hydrogen) atoms. The summed E-state index contributed by atoms with van der Waals surface area (Å²) in [6, 6.07) is 5.77. The van der Waals surface area contributed by atoms with Crippen molar-refractivity contribution in [1.29, 1.82) is 0 Å². The molecule has 4 aromatic rings. The molecule has 1 aromatic carbocycles. The molecule has 0 amide bonds. The van der Waals surface area contributed by atoms with Gasteiger partial charge in [0.1, 0.15) is 11.3 Å². The number of ether oxygens (including phenoxy) is 1. The van der Waals surface area contributed by atoms with Gasteiger partial charge >= 0.3 is 0 Å². The van der Waals surface area contributed by atoms with Gasteiger partial charge in [-0.1, -0.05) is 6.07 Å². The Morgan fingerprint density at radius 3 is 2.93 bits per heavy atom. The number of para-hydroxylation sites is 1. The summed E-state index contributed by atoms with van der Waals surface area (Å²) in [5.74, 6) is 2.97. The fourth-order valence-electron chi connectivity index (χ4n) is 4.01. The molecule has 0 saturated carbocycles. The van der Waals surface area contributed by atoms with Crippen LogP contribution in [-0.4, -0.2) is 49.3 Å². The van der Waals surface area contributed by atoms with Crippen molar-refractivity contribution in [3.63, 3.8) is 0 Å². The number of nitrogen functional groups attached to an aromatic ring is 1. The molecule has 9 nitrogen and oxygen atoms in total. The van der Waals surface area contributed by atoms with Crippen LogP contribution in [0.15, 0.2) is 30.6 Å². The zero-order valence-corrected chi connectivity index (χ0v) is 15.9. The highest BCUT2D eigenvalue weighted by Crippen LogP contribution is 2.31. The summed E-state index contributed by atoms with van der Waals surface area (Å²) in [5.41, 5.74) is 7.60. The lowest BCUT2D eigenvalue weighted by atomic mass is 9.98. The van der Waals surface area contributed by atoms with E-state index in [1.54, 1.807) is 11.6 Å². The molecule has 0 radical (unpaired) electrons. The average molecular weight is 378 g/mol. The maximum absolute atomic E-state index is 6.18. The SMILES string of the molecule is COc1cccc2c1nc(N)n1nc([C@@H]3CCCN(c4nccn4C)C3)nc21. The van der Waals surface area contributed by atoms with Crippen molar-refractivity contribution in [1.82, 2.24) is 29.1 Å². The normalized spacial score (nSPS) is 17.5. The summed E-state index contributed by atoms with van der Waals surface area (Å²) in [6.07, 6.45) is 5.89. The van der Waals surface area contributed by atoms with Gasteiger partial charge in [-0.2, -0.15) is 4.52 Å². The first-order valence-electron chi connectivity index (χ1n) is 9.37. The van der Waals surface area contributed by atoms with Gasteiger partial charge in [0, 0.05) is 43.8 Å². The predicted octanol–water partition coefficient (Wildman–Crippen LogP) is 1.99. The lowest BCUT2D eigenvalue weighted by molar-refractivity contribution is 0.419. The van der Waals surface area contributed by atoms with E-state index in [4.69, 9.17) is 20.6 Å². The number of hydrogen-bond donors (Lipinski definition) is 1. The van der Waals surface area contributed by atoms with Crippen LogP contribution < -0.4 is 15.4 Å². The number of benzene rings is 1. The summed E-state index contributed by atoms with van der Waals surface area (Å²) in [5, 5.41) is 5.58. The van der Waals surface area contributed by atoms with E-state index in [1.807, 2.05) is 42.2 Å². The molecule has 144 valence electrons. The number of imidazole rings is 1. The van der Waals surface area contributed by atoms with E-state index in [0.29, 0.717) is 22.9 Å². The largest absolute Gasteiger partial charge is 0.494 e. The smallest absolute Gasteiger partial charge is 0.223 e. The molecule has 1 aliphatic rings. The van der Waals surface area contributed by atoms with Crippen molar-refractivity contribution in [2.45, 2.75) is 18.8 Å². The minimum Gasteiger partial charge on any atom is -0.494 e. The number of methoxy groups -OCH3 is 1. The molecule has 0 spiro atoms. The van der Waals surface area contributed by atoms with Gasteiger partial charge < -0.3 is 19.9 Å². The third-order valence-corrected chi connectivity index (χ3v) is 5.39. The zero-order valence-electron chi connectivity index (χ0n) is 15.9. The molecule has 1 saturated heterocycles. The van der Waals surface area contributed by atoms with Gasteiger partial charge in [-0.25, -0.2) is 15.0 Å². The molecular weight excluding hydrogens is 356 g/mol. The molecule has 1 aliphatic heterocycles. The quantitative estimate of drug-likeness (QED) is 0.582. The van der Waals surface area contributed by atoms with Gasteiger partial charge in [0.05, 0.1) is 7.11 Å². The summed E-state index contributed by atoms with van der Waals surface area (Å²) in [7, 11) is 3.64. The van der Waals surface area contributed by atoms with Crippen LogP contribution in [0.4, 0.5) is 11.9 Å². The van der Waals surface area contributed by atoms with E-state index in [2.05, 4.69) is 14.9 Å². The van der Waals surface area contributed by atoms with Gasteiger partial charge in [0.15, 0.2) is 11.5 Å². The zero-order chi connectivity index (χ0) is 19.3. The topological polar surface area (TPSA) is 99.4 Å². The highest BCUT2D eigenvalue weighted by molar-refractivity contribution is 5.95. The van der Waals surface area contributed by atoms with Crippen molar-refractivity contribution in [2.24, 2.45) is 7.05 Å². The number of piperidine rings is 1. The fraction of sp³-hybridized carbons (Fsp3) is 0.368. The minimum atomic E-state index is 0.213. The van der Waals surface area contributed by atoms with Crippen LogP contribution in [0.5, 0.6) is 5.75 Å². The van der Waals surface area contributed by atoms with Crippen molar-refractivity contribution in [2.75, 3.05) is 30.8 Å². The molecule has 5 rings (SSSR count). The predicted molar refractivity (Wildman–Crippen MR) is 107 cm³/mol. The second kappa shape index (κ2) is 6.36. The Kier molecular flexibility index (Phi) is 3.81.